The molecule has 4 nitrogen and oxygen atoms in total. The second kappa shape index (κ2) is 3.47. The molecule has 2 N–H and O–H groups in total. The van der Waals surface area contributed by atoms with Gasteiger partial charge in [0.15, 0.2) is 0 Å². The van der Waals surface area contributed by atoms with Crippen LogP contribution >= 0.6 is 0 Å². The van der Waals surface area contributed by atoms with E-state index in [1.165, 1.54) is 5.56 Å². The van der Waals surface area contributed by atoms with Crippen LogP contribution in [0.15, 0.2) is 24.3 Å². The van der Waals surface area contributed by atoms with E-state index in [0.29, 0.717) is 6.42 Å². The summed E-state index contributed by atoms with van der Waals surface area (Å²) in [5.74, 6) is 0.171. The first-order chi connectivity index (χ1) is 8.10. The summed E-state index contributed by atoms with van der Waals surface area (Å²) in [6.45, 7) is 0.760. The zero-order valence-electron chi connectivity index (χ0n) is 10.0. The van der Waals surface area contributed by atoms with Crippen LogP contribution in [0.3, 0.4) is 0 Å². The summed E-state index contributed by atoms with van der Waals surface area (Å²) >= 11 is 0. The molecule has 1 saturated carbocycles. The monoisotopic (exact) mass is 231 g/mol. The summed E-state index contributed by atoms with van der Waals surface area (Å²) < 4.78 is 0. The van der Waals surface area contributed by atoms with Crippen molar-refractivity contribution in [2.75, 3.05) is 18.6 Å². The molecule has 1 heterocycles. The molecule has 0 aromatic heterocycles. The van der Waals surface area contributed by atoms with Gasteiger partial charge < -0.3 is 5.73 Å². The van der Waals surface area contributed by atoms with E-state index in [-0.39, 0.29) is 11.4 Å². The van der Waals surface area contributed by atoms with Gasteiger partial charge in [0.25, 0.3) is 0 Å². The average molecular weight is 231 g/mol. The van der Waals surface area contributed by atoms with Gasteiger partial charge in [-0.05, 0) is 30.5 Å². The molecule has 0 radical (unpaired) electrons. The Bertz CT molecular complexity index is 467. The van der Waals surface area contributed by atoms with Crippen molar-refractivity contribution in [3.8, 4) is 0 Å². The highest BCUT2D eigenvalue weighted by molar-refractivity contribution is 5.81. The fourth-order valence-corrected chi connectivity index (χ4v) is 2.35. The number of nitrogens with two attached hydrogens (primary N) is 1. The number of benzene rings is 1. The number of hydrogen-bond acceptors (Lipinski definition) is 3. The van der Waals surface area contributed by atoms with Gasteiger partial charge >= 0.3 is 0 Å². The highest BCUT2D eigenvalue weighted by atomic mass is 16.2. The third-order valence-electron chi connectivity index (χ3n) is 3.77. The van der Waals surface area contributed by atoms with E-state index >= 15 is 0 Å². The normalized spacial score (nSPS) is 22.1. The molecule has 0 spiro atoms. The van der Waals surface area contributed by atoms with E-state index in [4.69, 9.17) is 5.73 Å². The van der Waals surface area contributed by atoms with Gasteiger partial charge in [0.2, 0.25) is 5.91 Å². The number of nitrogens with zero attached hydrogens (tertiary/aromatic N) is 2. The molecule has 17 heavy (non-hydrogen) atoms. The van der Waals surface area contributed by atoms with Crippen molar-refractivity contribution >= 4 is 11.6 Å². The van der Waals surface area contributed by atoms with E-state index in [1.54, 1.807) is 5.01 Å². The predicted molar refractivity (Wildman–Crippen MR) is 66.3 cm³/mol. The van der Waals surface area contributed by atoms with Crippen molar-refractivity contribution in [2.45, 2.75) is 24.8 Å². The molecule has 0 atom stereocenters. The maximum absolute atomic E-state index is 11.5. The maximum Gasteiger partial charge on any atom is 0.242 e. The van der Waals surface area contributed by atoms with Crippen LogP contribution in [-0.2, 0) is 10.3 Å². The molecule has 1 aromatic rings. The van der Waals surface area contributed by atoms with Crippen LogP contribution in [0.2, 0.25) is 0 Å². The van der Waals surface area contributed by atoms with E-state index in [2.05, 4.69) is 12.1 Å². The van der Waals surface area contributed by atoms with Crippen molar-refractivity contribution in [3.63, 3.8) is 0 Å². The summed E-state index contributed by atoms with van der Waals surface area (Å²) in [6, 6.07) is 8.25. The second-order valence-electron chi connectivity index (χ2n) is 5.00. The van der Waals surface area contributed by atoms with Crippen LogP contribution in [0.5, 0.6) is 0 Å². The van der Waals surface area contributed by atoms with Crippen LogP contribution in [0.4, 0.5) is 5.69 Å². The minimum absolute atomic E-state index is 0.113. The van der Waals surface area contributed by atoms with Gasteiger partial charge in [-0.15, -0.1) is 0 Å². The SMILES string of the molecule is CN1C(=O)CCN1c1cccc(C2(N)CC2)c1. The Morgan fingerprint density at radius 1 is 1.35 bits per heavy atom. The quantitative estimate of drug-likeness (QED) is 0.832. The van der Waals surface area contributed by atoms with E-state index in [0.717, 1.165) is 25.1 Å². The molecule has 1 aliphatic carbocycles. The van der Waals surface area contributed by atoms with E-state index in [1.807, 2.05) is 24.2 Å². The first-order valence-electron chi connectivity index (χ1n) is 6.04. The Hall–Kier alpha value is -1.55. The smallest absolute Gasteiger partial charge is 0.242 e. The van der Waals surface area contributed by atoms with Crippen molar-refractivity contribution in [2.24, 2.45) is 5.73 Å². The largest absolute Gasteiger partial charge is 0.321 e. The van der Waals surface area contributed by atoms with Gasteiger partial charge in [-0.25, -0.2) is 0 Å². The zero-order chi connectivity index (χ0) is 12.0. The lowest BCUT2D eigenvalue weighted by atomic mass is 10.1. The van der Waals surface area contributed by atoms with Crippen LogP contribution < -0.4 is 10.7 Å². The van der Waals surface area contributed by atoms with Crippen molar-refractivity contribution in [1.29, 1.82) is 0 Å². The molecule has 90 valence electrons. The predicted octanol–water partition coefficient (Wildman–Crippen LogP) is 1.22. The van der Waals surface area contributed by atoms with Gasteiger partial charge in [0.1, 0.15) is 0 Å². The van der Waals surface area contributed by atoms with Gasteiger partial charge in [-0.3, -0.25) is 14.8 Å². The third-order valence-corrected chi connectivity index (χ3v) is 3.77. The molecule has 1 amide bonds. The van der Waals surface area contributed by atoms with Crippen molar-refractivity contribution in [1.82, 2.24) is 5.01 Å². The molecular weight excluding hydrogens is 214 g/mol. The summed E-state index contributed by atoms with van der Waals surface area (Å²) in [4.78, 5) is 11.5. The molecule has 1 aliphatic heterocycles. The first-order valence-corrected chi connectivity index (χ1v) is 6.04. The minimum Gasteiger partial charge on any atom is -0.321 e. The molecule has 0 unspecified atom stereocenters. The van der Waals surface area contributed by atoms with Crippen LogP contribution in [0.1, 0.15) is 24.8 Å². The van der Waals surface area contributed by atoms with Gasteiger partial charge in [-0.1, -0.05) is 12.1 Å². The molecule has 1 saturated heterocycles. The highest BCUT2D eigenvalue weighted by Crippen LogP contribution is 2.43. The molecule has 3 rings (SSSR count). The fourth-order valence-electron chi connectivity index (χ4n) is 2.35. The molecular formula is C13H17N3O. The summed E-state index contributed by atoms with van der Waals surface area (Å²) in [5.41, 5.74) is 8.33. The Morgan fingerprint density at radius 2 is 2.12 bits per heavy atom. The Morgan fingerprint density at radius 3 is 2.71 bits per heavy atom. The highest BCUT2D eigenvalue weighted by Gasteiger charge is 2.40. The second-order valence-corrected chi connectivity index (χ2v) is 5.00. The molecule has 0 bridgehead atoms. The van der Waals surface area contributed by atoms with Crippen LogP contribution in [0.25, 0.3) is 0 Å². The lowest BCUT2D eigenvalue weighted by Crippen LogP contribution is -2.35. The lowest BCUT2D eigenvalue weighted by molar-refractivity contribution is -0.126. The Balaban J connectivity index is 1.91. The molecule has 2 aliphatic rings. The summed E-state index contributed by atoms with van der Waals surface area (Å²) in [7, 11) is 1.82. The Kier molecular flexibility index (Phi) is 2.16. The number of rotatable bonds is 2. The first kappa shape index (κ1) is 10.6. The number of hydrazine groups is 1. The average Bonchev–Trinajstić information content (AvgIpc) is 3.00. The number of carbonyl (C=O) groups excluding carboxylic acids is 1. The fraction of sp³-hybridized carbons (Fsp3) is 0.462. The number of amides is 1. The zero-order valence-corrected chi connectivity index (χ0v) is 10.0. The maximum atomic E-state index is 11.5. The number of hydrogen-bond donors (Lipinski definition) is 1. The minimum atomic E-state index is -0.113. The number of anilines is 1. The van der Waals surface area contributed by atoms with Crippen molar-refractivity contribution < 1.29 is 4.79 Å². The topological polar surface area (TPSA) is 49.6 Å². The third kappa shape index (κ3) is 1.69. The molecule has 1 aromatic carbocycles. The Labute approximate surface area is 101 Å². The van der Waals surface area contributed by atoms with E-state index in [9.17, 15) is 4.79 Å². The number of carbonyl (C=O) groups is 1. The van der Waals surface area contributed by atoms with Gasteiger partial charge in [-0.2, -0.15) is 0 Å². The molecule has 4 heteroatoms. The summed E-state index contributed by atoms with van der Waals surface area (Å²) in [6.07, 6.45) is 2.71. The van der Waals surface area contributed by atoms with E-state index < -0.39 is 0 Å². The van der Waals surface area contributed by atoms with Crippen LogP contribution in [0, 0.1) is 0 Å². The van der Waals surface area contributed by atoms with Crippen LogP contribution in [-0.4, -0.2) is 24.5 Å². The molecule has 2 fully saturated rings. The summed E-state index contributed by atoms with van der Waals surface area (Å²) in [5, 5.41) is 3.70. The van der Waals surface area contributed by atoms with Crippen molar-refractivity contribution in [3.05, 3.63) is 29.8 Å². The van der Waals surface area contributed by atoms with Gasteiger partial charge in [0, 0.05) is 25.6 Å². The standard InChI is InChI=1S/C13H17N3O/c1-15-12(17)5-8-16(15)11-4-2-3-10(9-11)13(14)6-7-13/h2-4,9H,5-8,14H2,1H3. The van der Waals surface area contributed by atoms with Gasteiger partial charge in [0.05, 0.1) is 5.69 Å². The lowest BCUT2D eigenvalue weighted by Gasteiger charge is -2.27.